The highest BCUT2D eigenvalue weighted by Gasteiger charge is 2.15. The minimum absolute atomic E-state index is 0.652. The summed E-state index contributed by atoms with van der Waals surface area (Å²) in [5.74, 6) is 2.16. The summed E-state index contributed by atoms with van der Waals surface area (Å²) in [6.45, 7) is 0. The molecule has 27 heavy (non-hydrogen) atoms. The Labute approximate surface area is 162 Å². The number of hydrogen-bond donors (Lipinski definition) is 0. The summed E-state index contributed by atoms with van der Waals surface area (Å²) in [6.07, 6.45) is 2.36. The molecule has 0 bridgehead atoms. The van der Waals surface area contributed by atoms with Crippen molar-refractivity contribution in [2.24, 2.45) is 0 Å². The normalized spacial score (nSPS) is 11.1. The number of ether oxygens (including phenoxy) is 3. The molecule has 3 rings (SSSR count). The summed E-state index contributed by atoms with van der Waals surface area (Å²) in [6, 6.07) is 17.5. The van der Waals surface area contributed by atoms with Gasteiger partial charge in [0.2, 0.25) is 0 Å². The first-order valence-corrected chi connectivity index (χ1v) is 9.14. The Morgan fingerprint density at radius 1 is 0.889 bits per heavy atom. The van der Waals surface area contributed by atoms with Crippen molar-refractivity contribution in [2.75, 3.05) is 21.3 Å². The second-order valence-electron chi connectivity index (χ2n) is 5.68. The number of aldehydes is 1. The monoisotopic (exact) mass is 380 g/mol. The first kappa shape index (κ1) is 18.7. The van der Waals surface area contributed by atoms with Crippen LogP contribution in [0.5, 0.6) is 17.2 Å². The van der Waals surface area contributed by atoms with Crippen LogP contribution in [0.3, 0.4) is 0 Å². The van der Waals surface area contributed by atoms with Crippen molar-refractivity contribution in [3.8, 4) is 27.7 Å². The zero-order valence-electron chi connectivity index (χ0n) is 15.4. The predicted molar refractivity (Wildman–Crippen MR) is 109 cm³/mol. The summed E-state index contributed by atoms with van der Waals surface area (Å²) in [7, 11) is 4.86. The van der Waals surface area contributed by atoms with Gasteiger partial charge < -0.3 is 14.2 Å². The van der Waals surface area contributed by atoms with E-state index in [1.165, 1.54) is 0 Å². The van der Waals surface area contributed by atoms with E-state index in [2.05, 4.69) is 0 Å². The molecule has 0 saturated carbocycles. The van der Waals surface area contributed by atoms with Crippen molar-refractivity contribution in [3.05, 3.63) is 71.1 Å². The van der Waals surface area contributed by atoms with E-state index in [1.54, 1.807) is 38.7 Å². The van der Waals surface area contributed by atoms with Crippen LogP contribution in [-0.2, 0) is 4.79 Å². The minimum atomic E-state index is 0.652. The van der Waals surface area contributed by atoms with E-state index in [9.17, 15) is 4.79 Å². The van der Waals surface area contributed by atoms with Gasteiger partial charge in [-0.3, -0.25) is 4.79 Å². The van der Waals surface area contributed by atoms with E-state index in [4.69, 9.17) is 14.2 Å². The lowest BCUT2D eigenvalue weighted by Gasteiger charge is -2.12. The van der Waals surface area contributed by atoms with Gasteiger partial charge in [-0.05, 0) is 48.0 Å². The molecule has 1 aromatic heterocycles. The molecule has 0 unspecified atom stereocenters. The maximum absolute atomic E-state index is 11.3. The molecule has 0 N–H and O–H groups in total. The van der Waals surface area contributed by atoms with Crippen LogP contribution in [0.15, 0.2) is 60.7 Å². The van der Waals surface area contributed by atoms with Crippen LogP contribution in [0.4, 0.5) is 0 Å². The fourth-order valence-corrected chi connectivity index (χ4v) is 3.85. The Morgan fingerprint density at radius 3 is 2.37 bits per heavy atom. The summed E-state index contributed by atoms with van der Waals surface area (Å²) < 4.78 is 16.1. The summed E-state index contributed by atoms with van der Waals surface area (Å²) in [4.78, 5) is 13.4. The molecule has 0 saturated heterocycles. The second kappa shape index (κ2) is 8.56. The molecular weight excluding hydrogens is 360 g/mol. The Morgan fingerprint density at radius 2 is 1.67 bits per heavy atom. The fraction of sp³-hybridized carbons (Fsp3) is 0.136. The van der Waals surface area contributed by atoms with Crippen molar-refractivity contribution in [1.29, 1.82) is 0 Å². The molecule has 0 aliphatic carbocycles. The maximum Gasteiger partial charge on any atom is 0.143 e. The molecule has 0 spiro atoms. The smallest absolute Gasteiger partial charge is 0.143 e. The van der Waals surface area contributed by atoms with Crippen LogP contribution in [0.1, 0.15) is 10.4 Å². The van der Waals surface area contributed by atoms with Crippen molar-refractivity contribution in [3.63, 3.8) is 0 Å². The van der Waals surface area contributed by atoms with Crippen LogP contribution in [0, 0.1) is 0 Å². The van der Waals surface area contributed by atoms with Crippen molar-refractivity contribution < 1.29 is 19.0 Å². The molecule has 0 atom stereocenters. The maximum atomic E-state index is 11.3. The van der Waals surface area contributed by atoms with Crippen molar-refractivity contribution in [2.45, 2.75) is 0 Å². The summed E-state index contributed by atoms with van der Waals surface area (Å²) >= 11 is 1.61. The van der Waals surface area contributed by atoms with Crippen molar-refractivity contribution >= 4 is 23.2 Å². The number of carbonyl (C=O) groups excluding carboxylic acids is 1. The Balaban J connectivity index is 2.04. The zero-order chi connectivity index (χ0) is 19.2. The molecule has 2 aromatic carbocycles. The molecule has 138 valence electrons. The summed E-state index contributed by atoms with van der Waals surface area (Å²) in [5, 5.41) is 0. The first-order chi connectivity index (χ1) is 13.2. The molecule has 0 aliphatic heterocycles. The van der Waals surface area contributed by atoms with Gasteiger partial charge in [-0.2, -0.15) is 0 Å². The second-order valence-corrected chi connectivity index (χ2v) is 6.76. The standard InChI is InChI=1S/C22H20O4S/c1-24-16-6-4-5-15(13-16)21-9-10-22(27-21)19(11-12-23)18-8-7-17(25-2)14-20(18)26-3/h4-14H,1-3H3/b19-11+. The number of hydrogen-bond acceptors (Lipinski definition) is 5. The number of carbonyl (C=O) groups is 1. The third kappa shape index (κ3) is 4.04. The van der Waals surface area contributed by atoms with Gasteiger partial charge in [0.25, 0.3) is 0 Å². The average molecular weight is 380 g/mol. The van der Waals surface area contributed by atoms with E-state index in [1.807, 2.05) is 54.6 Å². The van der Waals surface area contributed by atoms with Gasteiger partial charge in [-0.25, -0.2) is 0 Å². The molecule has 3 aromatic rings. The van der Waals surface area contributed by atoms with Gasteiger partial charge >= 0.3 is 0 Å². The summed E-state index contributed by atoms with van der Waals surface area (Å²) in [5.41, 5.74) is 2.71. The Bertz CT molecular complexity index is 972. The molecule has 0 aliphatic rings. The first-order valence-electron chi connectivity index (χ1n) is 8.32. The number of allylic oxidation sites excluding steroid dienone is 1. The van der Waals surface area contributed by atoms with Gasteiger partial charge in [-0.15, -0.1) is 11.3 Å². The third-order valence-electron chi connectivity index (χ3n) is 4.16. The largest absolute Gasteiger partial charge is 0.497 e. The highest BCUT2D eigenvalue weighted by Crippen LogP contribution is 2.39. The van der Waals surface area contributed by atoms with E-state index in [0.717, 1.165) is 38.5 Å². The van der Waals surface area contributed by atoms with Crippen LogP contribution in [-0.4, -0.2) is 27.6 Å². The number of rotatable bonds is 7. The Hall–Kier alpha value is -3.05. The van der Waals surface area contributed by atoms with Gasteiger partial charge in [0.1, 0.15) is 23.5 Å². The Kier molecular flexibility index (Phi) is 5.94. The van der Waals surface area contributed by atoms with Crippen LogP contribution >= 0.6 is 11.3 Å². The lowest BCUT2D eigenvalue weighted by atomic mass is 10.0. The third-order valence-corrected chi connectivity index (χ3v) is 5.33. The highest BCUT2D eigenvalue weighted by molar-refractivity contribution is 7.16. The van der Waals surface area contributed by atoms with E-state index in [0.29, 0.717) is 11.5 Å². The van der Waals surface area contributed by atoms with Gasteiger partial charge in [-0.1, -0.05) is 12.1 Å². The van der Waals surface area contributed by atoms with E-state index < -0.39 is 0 Å². The van der Waals surface area contributed by atoms with Gasteiger partial charge in [0.05, 0.1) is 21.3 Å². The van der Waals surface area contributed by atoms with E-state index in [-0.39, 0.29) is 0 Å². The SMILES string of the molecule is COc1cccc(-c2ccc(/C(=C/C=O)c3ccc(OC)cc3OC)s2)c1. The fourth-order valence-electron chi connectivity index (χ4n) is 2.81. The van der Waals surface area contributed by atoms with Gasteiger partial charge in [0.15, 0.2) is 0 Å². The topological polar surface area (TPSA) is 44.8 Å². The van der Waals surface area contributed by atoms with E-state index >= 15 is 0 Å². The quantitative estimate of drug-likeness (QED) is 0.424. The molecular formula is C22H20O4S. The number of thiophene rings is 1. The number of benzene rings is 2. The van der Waals surface area contributed by atoms with Crippen LogP contribution in [0.25, 0.3) is 16.0 Å². The molecule has 0 radical (unpaired) electrons. The van der Waals surface area contributed by atoms with Crippen molar-refractivity contribution in [1.82, 2.24) is 0 Å². The molecule has 5 heteroatoms. The average Bonchev–Trinajstić information content (AvgIpc) is 3.21. The number of methoxy groups -OCH3 is 3. The minimum Gasteiger partial charge on any atom is -0.497 e. The lowest BCUT2D eigenvalue weighted by molar-refractivity contribution is -0.104. The predicted octanol–water partition coefficient (Wildman–Crippen LogP) is 5.07. The van der Waals surface area contributed by atoms with Crippen LogP contribution in [0.2, 0.25) is 0 Å². The lowest BCUT2D eigenvalue weighted by Crippen LogP contribution is -1.94. The molecule has 0 amide bonds. The molecule has 1 heterocycles. The molecule has 4 nitrogen and oxygen atoms in total. The van der Waals surface area contributed by atoms with Gasteiger partial charge in [0, 0.05) is 27.0 Å². The highest BCUT2D eigenvalue weighted by atomic mass is 32.1. The van der Waals surface area contributed by atoms with Crippen LogP contribution < -0.4 is 14.2 Å². The zero-order valence-corrected chi connectivity index (χ0v) is 16.2. The molecule has 0 fully saturated rings.